The molecule has 1 amide bonds. The average Bonchev–Trinajstić information content (AvgIpc) is 3.13. The largest absolute Gasteiger partial charge is 0.489 e. The summed E-state index contributed by atoms with van der Waals surface area (Å²) in [6.07, 6.45) is 0.563. The zero-order chi connectivity index (χ0) is 24.1. The molecule has 0 fully saturated rings. The van der Waals surface area contributed by atoms with Crippen molar-refractivity contribution >= 4 is 40.0 Å². The second-order valence-electron chi connectivity index (χ2n) is 7.48. The maximum Gasteiger partial charge on any atom is 0.419 e. The van der Waals surface area contributed by atoms with Crippen molar-refractivity contribution < 1.29 is 18.9 Å². The number of amides is 1. The van der Waals surface area contributed by atoms with Crippen LogP contribution in [0.5, 0.6) is 5.75 Å². The van der Waals surface area contributed by atoms with Gasteiger partial charge in [0.25, 0.3) is 5.69 Å². The fourth-order valence-corrected chi connectivity index (χ4v) is 3.60. The molecule has 0 spiro atoms. The molecule has 4 rings (SSSR count). The Kier molecular flexibility index (Phi) is 6.93. The second-order valence-corrected chi connectivity index (χ2v) is 7.89. The van der Waals surface area contributed by atoms with E-state index in [-0.39, 0.29) is 30.1 Å². The van der Waals surface area contributed by atoms with E-state index in [1.807, 2.05) is 18.2 Å². The van der Waals surface area contributed by atoms with Crippen LogP contribution in [0.25, 0.3) is 11.1 Å². The summed E-state index contributed by atoms with van der Waals surface area (Å²) in [6.45, 7) is 0.576. The summed E-state index contributed by atoms with van der Waals surface area (Å²) in [5.41, 5.74) is 1.93. The Hall–Kier alpha value is -4.11. The third kappa shape index (κ3) is 5.44. The van der Waals surface area contributed by atoms with Crippen LogP contribution < -0.4 is 15.8 Å². The van der Waals surface area contributed by atoms with Crippen molar-refractivity contribution in [3.63, 3.8) is 0 Å². The molecule has 0 saturated carbocycles. The molecule has 3 aromatic carbocycles. The average molecular weight is 482 g/mol. The summed E-state index contributed by atoms with van der Waals surface area (Å²) in [4.78, 5) is 34.7. The van der Waals surface area contributed by atoms with E-state index in [9.17, 15) is 19.7 Å². The molecule has 4 aromatic rings. The van der Waals surface area contributed by atoms with Gasteiger partial charge in [-0.05, 0) is 42.8 Å². The Bertz CT molecular complexity index is 1390. The van der Waals surface area contributed by atoms with Gasteiger partial charge < -0.3 is 14.5 Å². The first-order valence-corrected chi connectivity index (χ1v) is 10.8. The number of nitrogens with zero attached hydrogens (tertiary/aromatic N) is 2. The third-order valence-corrected chi connectivity index (χ3v) is 5.51. The number of hydrogen-bond acceptors (Lipinski definition) is 6. The molecule has 0 aliphatic carbocycles. The Labute approximate surface area is 198 Å². The van der Waals surface area contributed by atoms with Gasteiger partial charge in [0.1, 0.15) is 12.4 Å². The number of rotatable bonds is 9. The topological polar surface area (TPSA) is 117 Å². The minimum absolute atomic E-state index is 0.139. The molecule has 0 saturated heterocycles. The number of carbonyl (C=O) groups excluding carboxylic acids is 1. The van der Waals surface area contributed by atoms with Crippen LogP contribution >= 0.6 is 11.6 Å². The Morgan fingerprint density at radius 1 is 1.12 bits per heavy atom. The fraction of sp³-hybridized carbons (Fsp3) is 0.167. The van der Waals surface area contributed by atoms with Crippen LogP contribution in [0.3, 0.4) is 0 Å². The molecule has 0 radical (unpaired) electrons. The quantitative estimate of drug-likeness (QED) is 0.261. The first kappa shape index (κ1) is 23.1. The molecule has 1 N–H and O–H groups in total. The molecule has 9 nitrogen and oxygen atoms in total. The number of anilines is 1. The number of aromatic nitrogens is 1. The molecule has 1 heterocycles. The zero-order valence-corrected chi connectivity index (χ0v) is 18.7. The third-order valence-electron chi connectivity index (χ3n) is 5.14. The molecule has 0 aliphatic rings. The summed E-state index contributed by atoms with van der Waals surface area (Å²) in [5, 5.41) is 14.3. The molecule has 10 heteroatoms. The van der Waals surface area contributed by atoms with Gasteiger partial charge in [-0.25, -0.2) is 4.79 Å². The normalized spacial score (nSPS) is 10.9. The molecule has 0 unspecified atom stereocenters. The first-order valence-electron chi connectivity index (χ1n) is 10.4. The number of nitro groups is 1. The van der Waals surface area contributed by atoms with E-state index in [0.29, 0.717) is 35.0 Å². The molecular formula is C24H20ClN3O6. The second kappa shape index (κ2) is 10.2. The summed E-state index contributed by atoms with van der Waals surface area (Å²) in [6, 6.07) is 18.4. The van der Waals surface area contributed by atoms with Crippen molar-refractivity contribution in [3.8, 4) is 5.75 Å². The van der Waals surface area contributed by atoms with Crippen LogP contribution in [0.1, 0.15) is 18.4 Å². The van der Waals surface area contributed by atoms with Gasteiger partial charge in [0.2, 0.25) is 5.91 Å². The van der Waals surface area contributed by atoms with Crippen LogP contribution in [0, 0.1) is 10.1 Å². The number of non-ortho nitro benzene ring substituents is 1. The number of ether oxygens (including phenoxy) is 1. The number of nitro benzene ring substituents is 1. The highest BCUT2D eigenvalue weighted by atomic mass is 35.5. The van der Waals surface area contributed by atoms with Gasteiger partial charge in [-0.2, -0.15) is 0 Å². The van der Waals surface area contributed by atoms with E-state index in [1.54, 1.807) is 30.3 Å². The molecule has 174 valence electrons. The number of nitrogens with one attached hydrogen (secondary N) is 1. The van der Waals surface area contributed by atoms with Crippen molar-refractivity contribution in [2.75, 3.05) is 5.32 Å². The minimum Gasteiger partial charge on any atom is -0.489 e. The lowest BCUT2D eigenvalue weighted by Crippen LogP contribution is -2.17. The number of hydrogen-bond donors (Lipinski definition) is 1. The molecular weight excluding hydrogens is 462 g/mol. The van der Waals surface area contributed by atoms with E-state index in [4.69, 9.17) is 20.8 Å². The number of benzene rings is 3. The summed E-state index contributed by atoms with van der Waals surface area (Å²) >= 11 is 6.13. The predicted octanol–water partition coefficient (Wildman–Crippen LogP) is 5.15. The standard InChI is InChI=1S/C24H20ClN3O6/c25-20-5-2-1-4-16(20)15-33-19-10-7-17(8-11-19)26-23(29)6-3-13-27-21-12-9-18(28(31)32)14-22(21)34-24(27)30/h1-2,4-5,7-12,14H,3,6,13,15H2,(H,26,29). The van der Waals surface area contributed by atoms with E-state index in [1.165, 1.54) is 22.8 Å². The van der Waals surface area contributed by atoms with Crippen molar-refractivity contribution in [3.05, 3.63) is 98.0 Å². The Morgan fingerprint density at radius 2 is 1.88 bits per heavy atom. The molecule has 1 aromatic heterocycles. The smallest absolute Gasteiger partial charge is 0.419 e. The van der Waals surface area contributed by atoms with Gasteiger partial charge in [0.05, 0.1) is 16.5 Å². The van der Waals surface area contributed by atoms with Crippen molar-refractivity contribution in [1.82, 2.24) is 4.57 Å². The van der Waals surface area contributed by atoms with Crippen LogP contribution in [0.4, 0.5) is 11.4 Å². The minimum atomic E-state index is -0.622. The lowest BCUT2D eigenvalue weighted by atomic mass is 10.2. The predicted molar refractivity (Wildman–Crippen MR) is 127 cm³/mol. The van der Waals surface area contributed by atoms with E-state index < -0.39 is 10.7 Å². The number of aryl methyl sites for hydroxylation is 1. The number of carbonyl (C=O) groups is 1. The number of halogens is 1. The Balaban J connectivity index is 1.28. The van der Waals surface area contributed by atoms with Gasteiger partial charge in [-0.15, -0.1) is 0 Å². The monoisotopic (exact) mass is 481 g/mol. The summed E-state index contributed by atoms with van der Waals surface area (Å²) < 4.78 is 12.2. The fourth-order valence-electron chi connectivity index (χ4n) is 3.41. The molecule has 0 atom stereocenters. The highest BCUT2D eigenvalue weighted by molar-refractivity contribution is 6.31. The number of fused-ring (bicyclic) bond motifs is 1. The van der Waals surface area contributed by atoms with Crippen molar-refractivity contribution in [2.45, 2.75) is 26.0 Å². The van der Waals surface area contributed by atoms with Crippen LogP contribution in [-0.4, -0.2) is 15.4 Å². The maximum atomic E-state index is 12.3. The van der Waals surface area contributed by atoms with Crippen LogP contribution in [-0.2, 0) is 17.9 Å². The maximum absolute atomic E-state index is 12.3. The van der Waals surface area contributed by atoms with Crippen molar-refractivity contribution in [2.24, 2.45) is 0 Å². The molecule has 0 bridgehead atoms. The van der Waals surface area contributed by atoms with E-state index in [2.05, 4.69) is 5.32 Å². The van der Waals surface area contributed by atoms with Crippen molar-refractivity contribution in [1.29, 1.82) is 0 Å². The van der Waals surface area contributed by atoms with Gasteiger partial charge in [0.15, 0.2) is 5.58 Å². The van der Waals surface area contributed by atoms with Gasteiger partial charge in [0, 0.05) is 35.3 Å². The lowest BCUT2D eigenvalue weighted by molar-refractivity contribution is -0.384. The lowest BCUT2D eigenvalue weighted by Gasteiger charge is -2.09. The van der Waals surface area contributed by atoms with Crippen LogP contribution in [0.15, 0.2) is 75.9 Å². The summed E-state index contributed by atoms with van der Waals surface area (Å²) in [5.74, 6) is -0.186. The van der Waals surface area contributed by atoms with E-state index >= 15 is 0 Å². The van der Waals surface area contributed by atoms with E-state index in [0.717, 1.165) is 5.56 Å². The highest BCUT2D eigenvalue weighted by Crippen LogP contribution is 2.22. The summed E-state index contributed by atoms with van der Waals surface area (Å²) in [7, 11) is 0. The van der Waals surface area contributed by atoms with Crippen LogP contribution in [0.2, 0.25) is 5.02 Å². The zero-order valence-electron chi connectivity index (χ0n) is 17.9. The first-order chi connectivity index (χ1) is 16.4. The van der Waals surface area contributed by atoms with Gasteiger partial charge in [-0.1, -0.05) is 29.8 Å². The SMILES string of the molecule is O=C(CCCn1c(=O)oc2cc([N+](=O)[O-])ccc21)Nc1ccc(OCc2ccccc2Cl)cc1. The molecule has 34 heavy (non-hydrogen) atoms. The Morgan fingerprint density at radius 3 is 2.62 bits per heavy atom. The van der Waals surface area contributed by atoms with Gasteiger partial charge in [-0.3, -0.25) is 19.5 Å². The molecule has 0 aliphatic heterocycles. The number of oxazole rings is 1. The van der Waals surface area contributed by atoms with Gasteiger partial charge >= 0.3 is 5.76 Å². The highest BCUT2D eigenvalue weighted by Gasteiger charge is 2.14.